The van der Waals surface area contributed by atoms with Gasteiger partial charge in [-0.15, -0.1) is 0 Å². The van der Waals surface area contributed by atoms with E-state index in [1.807, 2.05) is 13.8 Å². The third-order valence-corrected chi connectivity index (χ3v) is 3.48. The molecule has 7 heteroatoms. The van der Waals surface area contributed by atoms with Crippen LogP contribution in [-0.4, -0.2) is 17.4 Å². The van der Waals surface area contributed by atoms with Crippen LogP contribution in [0.4, 0.5) is 11.4 Å². The molecule has 1 amide bonds. The van der Waals surface area contributed by atoms with E-state index in [0.29, 0.717) is 10.2 Å². The maximum atomic E-state index is 12.0. The molecule has 1 aromatic carbocycles. The summed E-state index contributed by atoms with van der Waals surface area (Å²) in [6, 6.07) is 4.44. The molecule has 0 fully saturated rings. The highest BCUT2D eigenvalue weighted by Crippen LogP contribution is 2.28. The van der Waals surface area contributed by atoms with E-state index in [1.165, 1.54) is 12.1 Å². The molecule has 104 valence electrons. The Morgan fingerprint density at radius 3 is 2.63 bits per heavy atom. The highest BCUT2D eigenvalue weighted by molar-refractivity contribution is 9.10. The lowest BCUT2D eigenvalue weighted by atomic mass is 9.95. The lowest BCUT2D eigenvalue weighted by molar-refractivity contribution is -0.385. The number of amides is 1. The highest BCUT2D eigenvalue weighted by Gasteiger charge is 2.21. The first kappa shape index (κ1) is 15.6. The average Bonchev–Trinajstić information content (AvgIpc) is 2.31. The van der Waals surface area contributed by atoms with E-state index in [2.05, 4.69) is 21.2 Å². The highest BCUT2D eigenvalue weighted by atomic mass is 79.9. The maximum absolute atomic E-state index is 12.0. The molecule has 0 saturated heterocycles. The van der Waals surface area contributed by atoms with Crippen molar-refractivity contribution in [3.8, 4) is 0 Å². The quantitative estimate of drug-likeness (QED) is 0.640. The van der Waals surface area contributed by atoms with Crippen molar-refractivity contribution in [1.29, 1.82) is 0 Å². The van der Waals surface area contributed by atoms with Crippen LogP contribution in [0, 0.1) is 22.0 Å². The molecule has 19 heavy (non-hydrogen) atoms. The molecule has 0 saturated carbocycles. The Morgan fingerprint density at radius 2 is 2.16 bits per heavy atom. The molecule has 0 aliphatic carbocycles. The van der Waals surface area contributed by atoms with E-state index < -0.39 is 4.92 Å². The number of nitrogens with two attached hydrogens (primary N) is 1. The Balaban J connectivity index is 2.91. The molecule has 3 N–H and O–H groups in total. The van der Waals surface area contributed by atoms with Crippen LogP contribution in [0.3, 0.4) is 0 Å². The number of anilines is 1. The number of halogens is 1. The molecule has 0 bridgehead atoms. The van der Waals surface area contributed by atoms with Crippen LogP contribution in [0.1, 0.15) is 13.8 Å². The first-order valence-electron chi connectivity index (χ1n) is 5.81. The van der Waals surface area contributed by atoms with Gasteiger partial charge in [-0.05, 0) is 34.0 Å². The van der Waals surface area contributed by atoms with Crippen LogP contribution < -0.4 is 11.1 Å². The molecule has 1 aromatic rings. The third-order valence-electron chi connectivity index (χ3n) is 2.81. The van der Waals surface area contributed by atoms with Gasteiger partial charge in [0.1, 0.15) is 0 Å². The van der Waals surface area contributed by atoms with Crippen LogP contribution in [0.25, 0.3) is 0 Å². The summed E-state index contributed by atoms with van der Waals surface area (Å²) in [5.41, 5.74) is 5.85. The van der Waals surface area contributed by atoms with Crippen molar-refractivity contribution in [3.63, 3.8) is 0 Å². The standard InChI is InChI=1S/C12H16BrN3O3/c1-7(2)9(6-14)12(17)15-8-3-4-10(13)11(5-8)16(18)19/h3-5,7,9H,6,14H2,1-2H3,(H,15,17). The fourth-order valence-electron chi connectivity index (χ4n) is 1.65. The summed E-state index contributed by atoms with van der Waals surface area (Å²) in [4.78, 5) is 22.3. The summed E-state index contributed by atoms with van der Waals surface area (Å²) >= 11 is 3.09. The number of nitrogens with zero attached hydrogens (tertiary/aromatic N) is 1. The molecule has 0 aliphatic rings. The number of benzene rings is 1. The molecule has 0 spiro atoms. The molecule has 1 rings (SSSR count). The first-order valence-corrected chi connectivity index (χ1v) is 6.61. The van der Waals surface area contributed by atoms with Crippen molar-refractivity contribution in [2.24, 2.45) is 17.6 Å². The van der Waals surface area contributed by atoms with Crippen LogP contribution in [-0.2, 0) is 4.79 Å². The Hall–Kier alpha value is -1.47. The topological polar surface area (TPSA) is 98.3 Å². The summed E-state index contributed by atoms with van der Waals surface area (Å²) in [5.74, 6) is -0.438. The zero-order chi connectivity index (χ0) is 14.6. The summed E-state index contributed by atoms with van der Waals surface area (Å²) < 4.78 is 0.370. The van der Waals surface area contributed by atoms with E-state index in [-0.39, 0.29) is 30.0 Å². The van der Waals surface area contributed by atoms with E-state index in [1.54, 1.807) is 6.07 Å². The molecule has 6 nitrogen and oxygen atoms in total. The van der Waals surface area contributed by atoms with Gasteiger partial charge >= 0.3 is 0 Å². The largest absolute Gasteiger partial charge is 0.330 e. The summed E-state index contributed by atoms with van der Waals surface area (Å²) in [5, 5.41) is 13.5. The van der Waals surface area contributed by atoms with Gasteiger partial charge in [-0.1, -0.05) is 13.8 Å². The number of nitro groups is 1. The van der Waals surface area contributed by atoms with E-state index >= 15 is 0 Å². The van der Waals surface area contributed by atoms with Gasteiger partial charge in [0.2, 0.25) is 5.91 Å². The van der Waals surface area contributed by atoms with Gasteiger partial charge in [0.15, 0.2) is 0 Å². The van der Waals surface area contributed by atoms with Crippen LogP contribution in [0.2, 0.25) is 0 Å². The fraction of sp³-hybridized carbons (Fsp3) is 0.417. The van der Waals surface area contributed by atoms with Crippen LogP contribution >= 0.6 is 15.9 Å². The summed E-state index contributed by atoms with van der Waals surface area (Å²) in [7, 11) is 0. The van der Waals surface area contributed by atoms with Crippen molar-refractivity contribution in [2.45, 2.75) is 13.8 Å². The Kier molecular flexibility index (Phi) is 5.44. The van der Waals surface area contributed by atoms with Crippen molar-refractivity contribution in [1.82, 2.24) is 0 Å². The molecule has 1 unspecified atom stereocenters. The number of carbonyl (C=O) groups is 1. The molecule has 1 atom stereocenters. The zero-order valence-electron chi connectivity index (χ0n) is 10.7. The Bertz CT molecular complexity index is 491. The van der Waals surface area contributed by atoms with Crippen molar-refractivity contribution >= 4 is 33.2 Å². The number of nitro benzene ring substituents is 1. The van der Waals surface area contributed by atoms with Crippen LogP contribution in [0.15, 0.2) is 22.7 Å². The maximum Gasteiger partial charge on any atom is 0.285 e. The third kappa shape index (κ3) is 4.00. The summed E-state index contributed by atoms with van der Waals surface area (Å²) in [6.45, 7) is 4.05. The number of rotatable bonds is 5. The Labute approximate surface area is 119 Å². The molecule has 0 aliphatic heterocycles. The fourth-order valence-corrected chi connectivity index (χ4v) is 2.04. The number of hydrogen-bond acceptors (Lipinski definition) is 4. The molecular weight excluding hydrogens is 314 g/mol. The second kappa shape index (κ2) is 6.63. The first-order chi connectivity index (χ1) is 8.86. The lowest BCUT2D eigenvalue weighted by Gasteiger charge is -2.18. The van der Waals surface area contributed by atoms with Gasteiger partial charge in [-0.2, -0.15) is 0 Å². The van der Waals surface area contributed by atoms with Gasteiger partial charge in [0, 0.05) is 18.3 Å². The van der Waals surface area contributed by atoms with E-state index in [9.17, 15) is 14.9 Å². The smallest absolute Gasteiger partial charge is 0.285 e. The molecule has 0 heterocycles. The predicted molar refractivity (Wildman–Crippen MR) is 76.8 cm³/mol. The molecule has 0 radical (unpaired) electrons. The monoisotopic (exact) mass is 329 g/mol. The van der Waals surface area contributed by atoms with Gasteiger partial charge in [-0.25, -0.2) is 0 Å². The van der Waals surface area contributed by atoms with Crippen molar-refractivity contribution < 1.29 is 9.72 Å². The van der Waals surface area contributed by atoms with Gasteiger partial charge in [0.25, 0.3) is 5.69 Å². The normalized spacial score (nSPS) is 12.3. The second-order valence-corrected chi connectivity index (χ2v) is 5.35. The van der Waals surface area contributed by atoms with Crippen molar-refractivity contribution in [2.75, 3.05) is 11.9 Å². The molecule has 0 aromatic heterocycles. The van der Waals surface area contributed by atoms with Crippen molar-refractivity contribution in [3.05, 3.63) is 32.8 Å². The summed E-state index contributed by atoms with van der Waals surface area (Å²) in [6.07, 6.45) is 0. The molecular formula is C12H16BrN3O3. The lowest BCUT2D eigenvalue weighted by Crippen LogP contribution is -2.33. The number of nitrogens with one attached hydrogen (secondary N) is 1. The second-order valence-electron chi connectivity index (χ2n) is 4.50. The SMILES string of the molecule is CC(C)C(CN)C(=O)Nc1ccc(Br)c([N+](=O)[O-])c1. The average molecular weight is 330 g/mol. The predicted octanol–water partition coefficient (Wildman–Crippen LogP) is 2.53. The zero-order valence-corrected chi connectivity index (χ0v) is 12.3. The number of carbonyl (C=O) groups excluding carboxylic acids is 1. The van der Waals surface area contributed by atoms with E-state index in [0.717, 1.165) is 0 Å². The van der Waals surface area contributed by atoms with E-state index in [4.69, 9.17) is 5.73 Å². The van der Waals surface area contributed by atoms with Gasteiger partial charge in [-0.3, -0.25) is 14.9 Å². The Morgan fingerprint density at radius 1 is 1.53 bits per heavy atom. The minimum atomic E-state index is -0.511. The van der Waals surface area contributed by atoms with Gasteiger partial charge < -0.3 is 11.1 Å². The van der Waals surface area contributed by atoms with Gasteiger partial charge in [0.05, 0.1) is 15.3 Å². The minimum absolute atomic E-state index is 0.0911. The van der Waals surface area contributed by atoms with Crippen LogP contribution in [0.5, 0.6) is 0 Å². The minimum Gasteiger partial charge on any atom is -0.330 e. The number of hydrogen-bond donors (Lipinski definition) is 2.